The first-order valence-electron chi connectivity index (χ1n) is 5.84. The number of nitrogens with one attached hydrogen (secondary N) is 1. The first-order chi connectivity index (χ1) is 8.43. The number of hydrogen-bond acceptors (Lipinski definition) is 2. The summed E-state index contributed by atoms with van der Waals surface area (Å²) in [6.45, 7) is 1.61. The van der Waals surface area contributed by atoms with Crippen LogP contribution in [0, 0.1) is 0 Å². The van der Waals surface area contributed by atoms with Gasteiger partial charge in [-0.15, -0.1) is 0 Å². The Bertz CT molecular complexity index is 544. The Labute approximate surface area is 101 Å². The van der Waals surface area contributed by atoms with Crippen LogP contribution in [0.5, 0.6) is 0 Å². The summed E-state index contributed by atoms with van der Waals surface area (Å²) in [5, 5.41) is 3.40. The largest absolute Gasteiger partial charge is 0.366 e. The maximum absolute atomic E-state index is 4.64. The molecule has 0 amide bonds. The van der Waals surface area contributed by atoms with Crippen molar-refractivity contribution in [1.29, 1.82) is 0 Å². The Morgan fingerprint density at radius 1 is 0.824 bits per heavy atom. The van der Waals surface area contributed by atoms with Crippen molar-refractivity contribution in [3.05, 3.63) is 71.3 Å². The van der Waals surface area contributed by atoms with E-state index in [-0.39, 0.29) is 0 Å². The van der Waals surface area contributed by atoms with Crippen LogP contribution in [0.4, 0.5) is 0 Å². The molecule has 2 aromatic carbocycles. The predicted molar refractivity (Wildman–Crippen MR) is 70.0 cm³/mol. The lowest BCUT2D eigenvalue weighted by atomic mass is 10.1. The number of rotatable bonds is 1. The molecule has 0 saturated heterocycles. The highest BCUT2D eigenvalue weighted by Gasteiger charge is 2.09. The second-order valence-corrected chi connectivity index (χ2v) is 4.15. The highest BCUT2D eigenvalue weighted by atomic mass is 15.0. The van der Waals surface area contributed by atoms with Crippen molar-refractivity contribution >= 4 is 5.84 Å². The van der Waals surface area contributed by atoms with Gasteiger partial charge in [-0.05, 0) is 11.1 Å². The lowest BCUT2D eigenvalue weighted by Crippen LogP contribution is -2.22. The van der Waals surface area contributed by atoms with Crippen LogP contribution in [0.25, 0.3) is 0 Å². The van der Waals surface area contributed by atoms with Crippen molar-refractivity contribution in [2.75, 3.05) is 0 Å². The second kappa shape index (κ2) is 4.42. The van der Waals surface area contributed by atoms with E-state index in [1.807, 2.05) is 18.2 Å². The molecule has 2 aromatic rings. The average molecular weight is 222 g/mol. The lowest BCUT2D eigenvalue weighted by Gasteiger charge is -2.07. The molecule has 0 atom stereocenters. The summed E-state index contributed by atoms with van der Waals surface area (Å²) in [6.07, 6.45) is 0. The molecule has 2 nitrogen and oxygen atoms in total. The summed E-state index contributed by atoms with van der Waals surface area (Å²) in [4.78, 5) is 4.64. The molecular formula is C15H14N2. The van der Waals surface area contributed by atoms with Crippen LogP contribution in [-0.2, 0) is 13.1 Å². The van der Waals surface area contributed by atoms with Gasteiger partial charge in [0.15, 0.2) is 0 Å². The standard InChI is InChI=1S/C15H14N2/c1-2-6-12(7-3-1)15-16-10-13-8-4-5-9-14(13)11-17-15/h1-9H,10-11H2,(H,16,17). The molecule has 0 radical (unpaired) electrons. The molecule has 1 aliphatic heterocycles. The third kappa shape index (κ3) is 2.07. The van der Waals surface area contributed by atoms with Gasteiger partial charge in [0.1, 0.15) is 5.84 Å². The third-order valence-electron chi connectivity index (χ3n) is 3.02. The van der Waals surface area contributed by atoms with Crippen LogP contribution in [0.2, 0.25) is 0 Å². The fraction of sp³-hybridized carbons (Fsp3) is 0.133. The van der Waals surface area contributed by atoms with Gasteiger partial charge >= 0.3 is 0 Å². The van der Waals surface area contributed by atoms with Crippen LogP contribution in [0.1, 0.15) is 16.7 Å². The molecule has 3 rings (SSSR count). The van der Waals surface area contributed by atoms with Gasteiger partial charge in [0.25, 0.3) is 0 Å². The number of nitrogens with zero attached hydrogens (tertiary/aromatic N) is 1. The monoisotopic (exact) mass is 222 g/mol. The Morgan fingerprint density at radius 2 is 1.53 bits per heavy atom. The normalized spacial score (nSPS) is 14.2. The molecule has 0 saturated carbocycles. The van der Waals surface area contributed by atoms with Crippen LogP contribution >= 0.6 is 0 Å². The summed E-state index contributed by atoms with van der Waals surface area (Å²) >= 11 is 0. The fourth-order valence-electron chi connectivity index (χ4n) is 2.07. The number of amidine groups is 1. The Balaban J connectivity index is 1.91. The molecule has 84 valence electrons. The van der Waals surface area contributed by atoms with E-state index < -0.39 is 0 Å². The van der Waals surface area contributed by atoms with E-state index in [1.54, 1.807) is 0 Å². The van der Waals surface area contributed by atoms with Crippen molar-refractivity contribution in [3.63, 3.8) is 0 Å². The van der Waals surface area contributed by atoms with E-state index in [0.717, 1.165) is 24.5 Å². The zero-order chi connectivity index (χ0) is 11.5. The molecule has 0 spiro atoms. The first-order valence-corrected chi connectivity index (χ1v) is 5.84. The van der Waals surface area contributed by atoms with Crippen LogP contribution < -0.4 is 5.32 Å². The number of fused-ring (bicyclic) bond motifs is 1. The van der Waals surface area contributed by atoms with E-state index >= 15 is 0 Å². The molecule has 17 heavy (non-hydrogen) atoms. The van der Waals surface area contributed by atoms with Gasteiger partial charge in [-0.1, -0.05) is 54.6 Å². The minimum Gasteiger partial charge on any atom is -0.366 e. The van der Waals surface area contributed by atoms with E-state index in [1.165, 1.54) is 11.1 Å². The maximum atomic E-state index is 4.64. The number of benzene rings is 2. The smallest absolute Gasteiger partial charge is 0.128 e. The van der Waals surface area contributed by atoms with E-state index in [2.05, 4.69) is 46.7 Å². The highest BCUT2D eigenvalue weighted by Crippen LogP contribution is 2.14. The molecule has 0 fully saturated rings. The predicted octanol–water partition coefficient (Wildman–Crippen LogP) is 2.74. The molecule has 1 N–H and O–H groups in total. The van der Waals surface area contributed by atoms with E-state index in [4.69, 9.17) is 0 Å². The number of aliphatic imine (C=N–C) groups is 1. The molecule has 1 aliphatic rings. The van der Waals surface area contributed by atoms with Gasteiger partial charge in [-0.3, -0.25) is 4.99 Å². The Kier molecular flexibility index (Phi) is 2.62. The minimum absolute atomic E-state index is 0.757. The van der Waals surface area contributed by atoms with Gasteiger partial charge in [-0.25, -0.2) is 0 Å². The third-order valence-corrected chi connectivity index (χ3v) is 3.02. The zero-order valence-corrected chi connectivity index (χ0v) is 9.56. The zero-order valence-electron chi connectivity index (χ0n) is 9.56. The molecule has 2 heteroatoms. The summed E-state index contributed by atoms with van der Waals surface area (Å²) < 4.78 is 0. The summed E-state index contributed by atoms with van der Waals surface area (Å²) in [5.74, 6) is 0.988. The van der Waals surface area contributed by atoms with E-state index in [0.29, 0.717) is 0 Å². The van der Waals surface area contributed by atoms with Crippen LogP contribution in [-0.4, -0.2) is 5.84 Å². The minimum atomic E-state index is 0.757. The molecule has 0 bridgehead atoms. The summed E-state index contributed by atoms with van der Waals surface area (Å²) in [5.41, 5.74) is 3.80. The molecule has 0 aliphatic carbocycles. The highest BCUT2D eigenvalue weighted by molar-refractivity contribution is 5.98. The average Bonchev–Trinajstić information content (AvgIpc) is 2.62. The summed E-state index contributed by atoms with van der Waals surface area (Å²) in [7, 11) is 0. The Morgan fingerprint density at radius 3 is 2.35 bits per heavy atom. The van der Waals surface area contributed by atoms with Crippen molar-refractivity contribution in [3.8, 4) is 0 Å². The van der Waals surface area contributed by atoms with E-state index in [9.17, 15) is 0 Å². The molecular weight excluding hydrogens is 208 g/mol. The molecule has 0 aromatic heterocycles. The van der Waals surface area contributed by atoms with Crippen molar-refractivity contribution < 1.29 is 0 Å². The molecule has 0 unspecified atom stereocenters. The Hall–Kier alpha value is -2.09. The van der Waals surface area contributed by atoms with Crippen LogP contribution in [0.15, 0.2) is 59.6 Å². The fourth-order valence-corrected chi connectivity index (χ4v) is 2.07. The van der Waals surface area contributed by atoms with Gasteiger partial charge in [0.05, 0.1) is 6.54 Å². The van der Waals surface area contributed by atoms with Crippen molar-refractivity contribution in [2.45, 2.75) is 13.1 Å². The van der Waals surface area contributed by atoms with Crippen LogP contribution in [0.3, 0.4) is 0 Å². The number of hydrogen-bond donors (Lipinski definition) is 1. The summed E-state index contributed by atoms with van der Waals surface area (Å²) in [6, 6.07) is 18.7. The van der Waals surface area contributed by atoms with Crippen molar-refractivity contribution in [1.82, 2.24) is 5.32 Å². The quantitative estimate of drug-likeness (QED) is 0.788. The lowest BCUT2D eigenvalue weighted by molar-refractivity contribution is 0.920. The maximum Gasteiger partial charge on any atom is 0.128 e. The van der Waals surface area contributed by atoms with Gasteiger partial charge in [0, 0.05) is 12.1 Å². The first kappa shape index (κ1) is 10.1. The van der Waals surface area contributed by atoms with Crippen molar-refractivity contribution in [2.24, 2.45) is 4.99 Å². The molecule has 1 heterocycles. The second-order valence-electron chi connectivity index (χ2n) is 4.15. The topological polar surface area (TPSA) is 24.4 Å². The van der Waals surface area contributed by atoms with Gasteiger partial charge in [-0.2, -0.15) is 0 Å². The SMILES string of the molecule is c1ccc(C2=NCc3ccccc3CN2)cc1. The van der Waals surface area contributed by atoms with Gasteiger partial charge < -0.3 is 5.32 Å². The van der Waals surface area contributed by atoms with Gasteiger partial charge in [0.2, 0.25) is 0 Å².